The molecule has 1 aliphatic heterocycles. The van der Waals surface area contributed by atoms with Crippen molar-refractivity contribution in [2.75, 3.05) is 26.4 Å². The van der Waals surface area contributed by atoms with Crippen molar-refractivity contribution in [3.63, 3.8) is 0 Å². The molecule has 12 nitrogen and oxygen atoms in total. The molecule has 6 atom stereocenters. The number of esters is 1. The summed E-state index contributed by atoms with van der Waals surface area (Å²) in [5.41, 5.74) is 0. The van der Waals surface area contributed by atoms with Crippen molar-refractivity contribution in [2.24, 2.45) is 0 Å². The third-order valence-electron chi connectivity index (χ3n) is 9.14. The van der Waals surface area contributed by atoms with Crippen molar-refractivity contribution in [2.45, 2.75) is 198 Å². The molecule has 0 aromatic carbocycles. The third kappa shape index (κ3) is 25.5. The Hall–Kier alpha value is -1.16. The number of aliphatic hydroxyl groups is 3. The number of aliphatic hydroxyl groups excluding tert-OH is 3. The minimum absolute atomic E-state index is 0.0371. The minimum atomic E-state index is -5.05. The summed E-state index contributed by atoms with van der Waals surface area (Å²) in [6, 6.07) is 0. The number of carbonyl (C=O) groups excluding carboxylic acids is 1. The van der Waals surface area contributed by atoms with Gasteiger partial charge >= 0.3 is 16.4 Å². The van der Waals surface area contributed by atoms with Crippen LogP contribution < -0.4 is 0 Å². The predicted molar refractivity (Wildman–Crippen MR) is 198 cm³/mol. The van der Waals surface area contributed by atoms with Gasteiger partial charge < -0.3 is 34.3 Å². The van der Waals surface area contributed by atoms with Gasteiger partial charge in [-0.2, -0.15) is 8.42 Å². The number of allylic oxidation sites excluding steroid dienone is 2. The first-order chi connectivity index (χ1) is 24.6. The Morgan fingerprint density at radius 1 is 0.725 bits per heavy atom. The highest BCUT2D eigenvalue weighted by molar-refractivity contribution is 7.80. The van der Waals surface area contributed by atoms with Crippen molar-refractivity contribution in [1.29, 1.82) is 0 Å². The summed E-state index contributed by atoms with van der Waals surface area (Å²) in [7, 11) is -5.05. The van der Waals surface area contributed by atoms with Crippen LogP contribution in [-0.4, -0.2) is 97.5 Å². The summed E-state index contributed by atoms with van der Waals surface area (Å²) in [6.07, 6.45) is 21.9. The van der Waals surface area contributed by atoms with E-state index in [0.717, 1.165) is 38.5 Å². The third-order valence-corrected chi connectivity index (χ3v) is 9.60. The molecule has 0 amide bonds. The van der Waals surface area contributed by atoms with E-state index in [1.54, 1.807) is 0 Å². The molecule has 0 aromatic heterocycles. The van der Waals surface area contributed by atoms with E-state index in [2.05, 4.69) is 30.2 Å². The van der Waals surface area contributed by atoms with Crippen LogP contribution in [0, 0.1) is 0 Å². The average Bonchev–Trinajstić information content (AvgIpc) is 3.09. The fraction of sp³-hybridized carbons (Fsp3) is 0.921. The van der Waals surface area contributed by atoms with Crippen LogP contribution in [0.15, 0.2) is 12.2 Å². The molecule has 0 aliphatic carbocycles. The van der Waals surface area contributed by atoms with Gasteiger partial charge in [0.1, 0.15) is 30.5 Å². The fourth-order valence-electron chi connectivity index (χ4n) is 6.08. The second-order valence-corrected chi connectivity index (χ2v) is 14.9. The average molecular weight is 753 g/mol. The van der Waals surface area contributed by atoms with E-state index < -0.39 is 59.8 Å². The van der Waals surface area contributed by atoms with Crippen LogP contribution in [0.5, 0.6) is 0 Å². The highest BCUT2D eigenvalue weighted by Gasteiger charge is 2.48. The maximum absolute atomic E-state index is 12.5. The normalized spacial score (nSPS) is 21.7. The van der Waals surface area contributed by atoms with Gasteiger partial charge in [-0.05, 0) is 38.5 Å². The van der Waals surface area contributed by atoms with Gasteiger partial charge in [0.25, 0.3) is 0 Å². The van der Waals surface area contributed by atoms with Crippen molar-refractivity contribution in [3.05, 3.63) is 12.2 Å². The van der Waals surface area contributed by atoms with E-state index in [9.17, 15) is 28.5 Å². The molecule has 0 aromatic rings. The quantitative estimate of drug-likeness (QED) is 0.0227. The zero-order valence-electron chi connectivity index (χ0n) is 31.7. The molecule has 1 fully saturated rings. The second kappa shape index (κ2) is 31.2. The molecule has 0 radical (unpaired) electrons. The van der Waals surface area contributed by atoms with Gasteiger partial charge in [0, 0.05) is 13.0 Å². The molecule has 1 aliphatic rings. The zero-order valence-corrected chi connectivity index (χ0v) is 32.5. The molecule has 4 N–H and O–H groups in total. The molecule has 0 spiro atoms. The van der Waals surface area contributed by atoms with E-state index in [0.29, 0.717) is 13.0 Å². The molecule has 1 rings (SSSR count). The van der Waals surface area contributed by atoms with Crippen molar-refractivity contribution in [1.82, 2.24) is 0 Å². The fourth-order valence-corrected chi connectivity index (χ4v) is 6.59. The monoisotopic (exact) mass is 752 g/mol. The standard InChI is InChI=1S/C38H72O12S/c1-3-5-7-9-10-11-12-13-14-15-16-17-18-19-20-21-22-23-24-26-28-46-30-32(48-34(40)27-25-8-6-4-2)31-47-38-36(42)37(50-51(43,44)45)35(41)33(29-39)49-38/h13-14,32-33,35-39,41-42H,3-12,15-31H2,1-2H3,(H,43,44,45)/b14-13-. The SMILES string of the molecule is CCCCCCCC/C=C\CCCCCCCCCCCCOCC(COC1OC(CO)C(O)C(OS(=O)(=O)O)C1O)OC(=O)CCCCCC. The molecule has 1 heterocycles. The lowest BCUT2D eigenvalue weighted by Gasteiger charge is -2.41. The Bertz CT molecular complexity index is 963. The van der Waals surface area contributed by atoms with Gasteiger partial charge in [0.15, 0.2) is 6.29 Å². The van der Waals surface area contributed by atoms with E-state index >= 15 is 0 Å². The van der Waals surface area contributed by atoms with Crippen molar-refractivity contribution < 1.29 is 56.2 Å². The molecule has 1 saturated heterocycles. The number of rotatable bonds is 34. The largest absolute Gasteiger partial charge is 0.457 e. The van der Waals surface area contributed by atoms with Crippen LogP contribution in [0.25, 0.3) is 0 Å². The lowest BCUT2D eigenvalue weighted by atomic mass is 9.99. The molecule has 302 valence electrons. The molecule has 0 bridgehead atoms. The van der Waals surface area contributed by atoms with Gasteiger partial charge in [0.05, 0.1) is 19.8 Å². The Morgan fingerprint density at radius 2 is 1.24 bits per heavy atom. The summed E-state index contributed by atoms with van der Waals surface area (Å²) in [5, 5.41) is 30.4. The number of hydrogen-bond acceptors (Lipinski definition) is 11. The number of ether oxygens (including phenoxy) is 4. The lowest BCUT2D eigenvalue weighted by molar-refractivity contribution is -0.301. The van der Waals surface area contributed by atoms with Crippen molar-refractivity contribution in [3.8, 4) is 0 Å². The first-order valence-corrected chi connectivity index (χ1v) is 21.3. The molecule has 51 heavy (non-hydrogen) atoms. The van der Waals surface area contributed by atoms with Crippen molar-refractivity contribution >= 4 is 16.4 Å². The molecule has 0 saturated carbocycles. The summed E-state index contributed by atoms with van der Waals surface area (Å²) in [6.45, 7) is 3.84. The van der Waals surface area contributed by atoms with Gasteiger partial charge in [-0.25, -0.2) is 4.18 Å². The smallest absolute Gasteiger partial charge is 0.397 e. The number of hydrogen-bond donors (Lipinski definition) is 4. The molecule has 13 heteroatoms. The van der Waals surface area contributed by atoms with Crippen LogP contribution >= 0.6 is 0 Å². The highest BCUT2D eigenvalue weighted by Crippen LogP contribution is 2.26. The number of unbranched alkanes of at least 4 members (excludes halogenated alkanes) is 19. The van der Waals surface area contributed by atoms with Crippen LogP contribution in [0.4, 0.5) is 0 Å². The van der Waals surface area contributed by atoms with E-state index in [-0.39, 0.29) is 19.6 Å². The summed E-state index contributed by atoms with van der Waals surface area (Å²) < 4.78 is 58.4. The van der Waals surface area contributed by atoms with E-state index in [1.807, 2.05) is 0 Å². The summed E-state index contributed by atoms with van der Waals surface area (Å²) in [5.74, 6) is -0.416. The first-order valence-electron chi connectivity index (χ1n) is 19.9. The Morgan fingerprint density at radius 3 is 1.76 bits per heavy atom. The van der Waals surface area contributed by atoms with E-state index in [1.165, 1.54) is 96.3 Å². The molecule has 6 unspecified atom stereocenters. The van der Waals surface area contributed by atoms with Gasteiger partial charge in [-0.15, -0.1) is 0 Å². The zero-order chi connectivity index (χ0) is 37.6. The first kappa shape index (κ1) is 47.9. The summed E-state index contributed by atoms with van der Waals surface area (Å²) in [4.78, 5) is 12.5. The topological polar surface area (TPSA) is 178 Å². The summed E-state index contributed by atoms with van der Waals surface area (Å²) >= 11 is 0. The Balaban J connectivity index is 2.29. The van der Waals surface area contributed by atoms with Crippen LogP contribution in [0.3, 0.4) is 0 Å². The Kier molecular flexibility index (Phi) is 29.3. The Labute approximate surface area is 308 Å². The predicted octanol–water partition coefficient (Wildman–Crippen LogP) is 7.13. The van der Waals surface area contributed by atoms with E-state index in [4.69, 9.17) is 23.5 Å². The van der Waals surface area contributed by atoms with Gasteiger partial charge in [-0.1, -0.05) is 129 Å². The maximum Gasteiger partial charge on any atom is 0.397 e. The second-order valence-electron chi connectivity index (χ2n) is 13.9. The molecular weight excluding hydrogens is 680 g/mol. The molecular formula is C38H72O12S. The highest BCUT2D eigenvalue weighted by atomic mass is 32.3. The maximum atomic E-state index is 12.5. The van der Waals surface area contributed by atoms with Crippen LogP contribution in [0.1, 0.15) is 162 Å². The van der Waals surface area contributed by atoms with Gasteiger partial charge in [-0.3, -0.25) is 9.35 Å². The lowest BCUT2D eigenvalue weighted by Crippen LogP contribution is -2.60. The van der Waals surface area contributed by atoms with Gasteiger partial charge in [0.2, 0.25) is 0 Å². The van der Waals surface area contributed by atoms with Crippen LogP contribution in [-0.2, 0) is 38.3 Å². The van der Waals surface area contributed by atoms with Crippen LogP contribution in [0.2, 0.25) is 0 Å². The minimum Gasteiger partial charge on any atom is -0.457 e. The number of carbonyl (C=O) groups is 1.